The average Bonchev–Trinajstić information content (AvgIpc) is 2.54. The van der Waals surface area contributed by atoms with E-state index in [1.807, 2.05) is 19.3 Å². The summed E-state index contributed by atoms with van der Waals surface area (Å²) in [5.41, 5.74) is 3.12. The number of aryl methyl sites for hydroxylation is 1. The third kappa shape index (κ3) is 3.43. The van der Waals surface area contributed by atoms with E-state index in [-0.39, 0.29) is 18.4 Å². The molecule has 0 saturated heterocycles. The van der Waals surface area contributed by atoms with Crippen LogP contribution in [0.1, 0.15) is 41.8 Å². The fourth-order valence-corrected chi connectivity index (χ4v) is 2.73. The number of aromatic nitrogens is 2. The molecule has 1 unspecified atom stereocenters. The fourth-order valence-electron chi connectivity index (χ4n) is 2.73. The fraction of sp³-hybridized carbons (Fsp3) is 0.412. The van der Waals surface area contributed by atoms with Crippen LogP contribution in [0, 0.1) is 6.92 Å². The lowest BCUT2D eigenvalue weighted by Gasteiger charge is -2.28. The van der Waals surface area contributed by atoms with Crippen LogP contribution in [0.25, 0.3) is 0 Å². The Bertz CT molecular complexity index is 617. The summed E-state index contributed by atoms with van der Waals surface area (Å²) in [4.78, 5) is 10.4. The number of nitrogens with zero attached hydrogens (tertiary/aromatic N) is 3. The minimum absolute atomic E-state index is 0.131. The Morgan fingerprint density at radius 1 is 1.32 bits per heavy atom. The van der Waals surface area contributed by atoms with E-state index in [0.29, 0.717) is 17.8 Å². The van der Waals surface area contributed by atoms with E-state index in [1.54, 1.807) is 19.3 Å². The molecule has 0 aliphatic rings. The molecule has 0 radical (unpaired) electrons. The van der Waals surface area contributed by atoms with Crippen LogP contribution in [-0.2, 0) is 13.2 Å². The van der Waals surface area contributed by atoms with Gasteiger partial charge in [-0.15, -0.1) is 0 Å². The highest BCUT2D eigenvalue weighted by Gasteiger charge is 2.19. The molecule has 2 aromatic rings. The number of pyridine rings is 2. The third-order valence-electron chi connectivity index (χ3n) is 4.00. The van der Waals surface area contributed by atoms with Crippen molar-refractivity contribution < 1.29 is 10.2 Å². The van der Waals surface area contributed by atoms with E-state index in [1.165, 1.54) is 0 Å². The zero-order valence-electron chi connectivity index (χ0n) is 13.3. The number of aliphatic hydroxyl groups is 1. The molecule has 118 valence electrons. The molecule has 5 nitrogen and oxygen atoms in total. The van der Waals surface area contributed by atoms with Gasteiger partial charge in [0.1, 0.15) is 5.75 Å². The molecule has 5 heteroatoms. The molecule has 1 atom stereocenters. The van der Waals surface area contributed by atoms with Gasteiger partial charge in [-0.2, -0.15) is 0 Å². The highest BCUT2D eigenvalue weighted by Crippen LogP contribution is 2.29. The predicted molar refractivity (Wildman–Crippen MR) is 85.3 cm³/mol. The Balaban J connectivity index is 2.28. The minimum atomic E-state index is -0.131. The van der Waals surface area contributed by atoms with Gasteiger partial charge in [-0.05, 0) is 32.0 Å². The molecule has 0 fully saturated rings. The summed E-state index contributed by atoms with van der Waals surface area (Å²) in [6.45, 7) is 4.30. The highest BCUT2D eigenvalue weighted by molar-refractivity contribution is 5.40. The number of hydrogen-bond acceptors (Lipinski definition) is 5. The van der Waals surface area contributed by atoms with Crippen LogP contribution in [-0.4, -0.2) is 32.1 Å². The zero-order chi connectivity index (χ0) is 16.1. The van der Waals surface area contributed by atoms with Crippen LogP contribution in [0.2, 0.25) is 0 Å². The molecule has 0 aliphatic heterocycles. The first-order valence-electron chi connectivity index (χ1n) is 7.45. The molecular weight excluding hydrogens is 278 g/mol. The van der Waals surface area contributed by atoms with Gasteiger partial charge in [-0.25, -0.2) is 0 Å². The van der Waals surface area contributed by atoms with Crippen LogP contribution in [0.15, 0.2) is 30.7 Å². The maximum atomic E-state index is 10.3. The van der Waals surface area contributed by atoms with Crippen LogP contribution < -0.4 is 0 Å². The van der Waals surface area contributed by atoms with Crippen molar-refractivity contribution in [3.63, 3.8) is 0 Å². The van der Waals surface area contributed by atoms with Gasteiger partial charge in [0.2, 0.25) is 0 Å². The van der Waals surface area contributed by atoms with Gasteiger partial charge in [0.15, 0.2) is 0 Å². The van der Waals surface area contributed by atoms with E-state index < -0.39 is 0 Å². The Hall–Kier alpha value is -1.98. The Morgan fingerprint density at radius 2 is 2.09 bits per heavy atom. The van der Waals surface area contributed by atoms with E-state index in [4.69, 9.17) is 0 Å². The molecule has 2 rings (SSSR count). The summed E-state index contributed by atoms with van der Waals surface area (Å²) in [5, 5.41) is 19.8. The van der Waals surface area contributed by atoms with Crippen LogP contribution in [0.4, 0.5) is 0 Å². The van der Waals surface area contributed by atoms with E-state index >= 15 is 0 Å². The molecule has 0 aromatic carbocycles. The quantitative estimate of drug-likeness (QED) is 0.858. The van der Waals surface area contributed by atoms with Crippen molar-refractivity contribution in [3.8, 4) is 5.75 Å². The zero-order valence-corrected chi connectivity index (χ0v) is 13.3. The Labute approximate surface area is 131 Å². The van der Waals surface area contributed by atoms with Crippen molar-refractivity contribution in [1.29, 1.82) is 0 Å². The van der Waals surface area contributed by atoms with Crippen LogP contribution in [0.5, 0.6) is 5.75 Å². The molecule has 0 spiro atoms. The molecule has 2 heterocycles. The third-order valence-corrected chi connectivity index (χ3v) is 4.00. The standard InChI is InChI=1S/C17H23N3O2/c1-4-16(13-6-5-7-18-8-13)20(3)10-15-14(11-21)9-19-12(2)17(15)22/h5-9,16,21-22H,4,10-11H2,1-3H3. The van der Waals surface area contributed by atoms with E-state index in [0.717, 1.165) is 17.5 Å². The Morgan fingerprint density at radius 3 is 2.68 bits per heavy atom. The van der Waals surface area contributed by atoms with Gasteiger partial charge < -0.3 is 10.2 Å². The van der Waals surface area contributed by atoms with Crippen molar-refractivity contribution in [2.75, 3.05) is 7.05 Å². The first-order valence-corrected chi connectivity index (χ1v) is 7.45. The lowest BCUT2D eigenvalue weighted by Crippen LogP contribution is -2.24. The van der Waals surface area contributed by atoms with Crippen LogP contribution in [0.3, 0.4) is 0 Å². The first kappa shape index (κ1) is 16.4. The lowest BCUT2D eigenvalue weighted by molar-refractivity contribution is 0.222. The molecule has 0 bridgehead atoms. The molecule has 0 saturated carbocycles. The largest absolute Gasteiger partial charge is 0.506 e. The van der Waals surface area contributed by atoms with Gasteiger partial charge in [0.25, 0.3) is 0 Å². The molecule has 2 N–H and O–H groups in total. The van der Waals surface area contributed by atoms with Gasteiger partial charge in [-0.3, -0.25) is 14.9 Å². The number of aromatic hydroxyl groups is 1. The second-order valence-corrected chi connectivity index (χ2v) is 5.48. The summed E-state index contributed by atoms with van der Waals surface area (Å²) in [6, 6.07) is 4.19. The molecule has 0 aliphatic carbocycles. The average molecular weight is 301 g/mol. The van der Waals surface area contributed by atoms with Gasteiger partial charge >= 0.3 is 0 Å². The topological polar surface area (TPSA) is 69.5 Å². The first-order chi connectivity index (χ1) is 10.6. The highest BCUT2D eigenvalue weighted by atomic mass is 16.3. The number of hydrogen-bond donors (Lipinski definition) is 2. The van der Waals surface area contributed by atoms with Crippen molar-refractivity contribution in [2.45, 2.75) is 39.5 Å². The van der Waals surface area contributed by atoms with Crippen LogP contribution >= 0.6 is 0 Å². The second kappa shape index (κ2) is 7.33. The van der Waals surface area contributed by atoms with E-state index in [2.05, 4.69) is 27.9 Å². The summed E-state index contributed by atoms with van der Waals surface area (Å²) in [5.74, 6) is 0.166. The van der Waals surface area contributed by atoms with Gasteiger partial charge in [0, 0.05) is 42.3 Å². The van der Waals surface area contributed by atoms with E-state index in [9.17, 15) is 10.2 Å². The smallest absolute Gasteiger partial charge is 0.141 e. The molecular formula is C17H23N3O2. The second-order valence-electron chi connectivity index (χ2n) is 5.48. The minimum Gasteiger partial charge on any atom is -0.506 e. The van der Waals surface area contributed by atoms with Crippen molar-refractivity contribution in [1.82, 2.24) is 14.9 Å². The summed E-state index contributed by atoms with van der Waals surface area (Å²) in [6.07, 6.45) is 6.19. The van der Waals surface area contributed by atoms with Gasteiger partial charge in [0.05, 0.1) is 12.3 Å². The maximum Gasteiger partial charge on any atom is 0.141 e. The summed E-state index contributed by atoms with van der Waals surface area (Å²) in [7, 11) is 2.01. The lowest BCUT2D eigenvalue weighted by atomic mass is 10.0. The van der Waals surface area contributed by atoms with Crippen molar-refractivity contribution >= 4 is 0 Å². The SMILES string of the molecule is CCC(c1cccnc1)N(C)Cc1c(CO)cnc(C)c1O. The normalized spacial score (nSPS) is 12.6. The molecule has 0 amide bonds. The Kier molecular flexibility index (Phi) is 5.46. The predicted octanol–water partition coefficient (Wildman–Crippen LogP) is 2.57. The monoisotopic (exact) mass is 301 g/mol. The number of rotatable bonds is 6. The molecule has 22 heavy (non-hydrogen) atoms. The molecule has 2 aromatic heterocycles. The number of aliphatic hydroxyl groups excluding tert-OH is 1. The maximum absolute atomic E-state index is 10.3. The van der Waals surface area contributed by atoms with Gasteiger partial charge in [-0.1, -0.05) is 13.0 Å². The van der Waals surface area contributed by atoms with Crippen molar-refractivity contribution in [3.05, 3.63) is 53.1 Å². The summed E-state index contributed by atoms with van der Waals surface area (Å²) < 4.78 is 0. The summed E-state index contributed by atoms with van der Waals surface area (Å²) >= 11 is 0. The van der Waals surface area contributed by atoms with Crippen molar-refractivity contribution in [2.24, 2.45) is 0 Å².